The summed E-state index contributed by atoms with van der Waals surface area (Å²) in [6.07, 6.45) is 2.32. The maximum Gasteiger partial charge on any atom is 0.0498 e. The maximum atomic E-state index is 5.80. The van der Waals surface area contributed by atoms with Gasteiger partial charge in [0, 0.05) is 18.2 Å². The number of ether oxygens (including phenoxy) is 1. The van der Waals surface area contributed by atoms with Gasteiger partial charge in [0.15, 0.2) is 0 Å². The highest BCUT2D eigenvalue weighted by molar-refractivity contribution is 6.30. The average Bonchev–Trinajstić information content (AvgIpc) is 2.62. The van der Waals surface area contributed by atoms with Crippen LogP contribution in [0.5, 0.6) is 0 Å². The van der Waals surface area contributed by atoms with Crippen LogP contribution in [0.2, 0.25) is 5.02 Å². The van der Waals surface area contributed by atoms with Crippen molar-refractivity contribution in [3.8, 4) is 0 Å². The summed E-state index contributed by atoms with van der Waals surface area (Å²) in [5.41, 5.74) is 1.36. The average molecular weight is 197 g/mol. The molecule has 0 saturated carbocycles. The fourth-order valence-corrected chi connectivity index (χ4v) is 1.82. The van der Waals surface area contributed by atoms with Gasteiger partial charge in [-0.2, -0.15) is 0 Å². The molecule has 13 heavy (non-hydrogen) atoms. The fourth-order valence-electron chi connectivity index (χ4n) is 1.70. The minimum atomic E-state index is 0.709. The van der Waals surface area contributed by atoms with E-state index in [0.717, 1.165) is 24.7 Å². The van der Waals surface area contributed by atoms with E-state index < -0.39 is 0 Å². The zero-order valence-corrected chi connectivity index (χ0v) is 8.26. The third-order valence-electron chi connectivity index (χ3n) is 2.46. The van der Waals surface area contributed by atoms with Crippen molar-refractivity contribution < 1.29 is 4.74 Å². The molecule has 0 aliphatic carbocycles. The van der Waals surface area contributed by atoms with Crippen molar-refractivity contribution in [3.05, 3.63) is 34.9 Å². The number of rotatable bonds is 2. The summed E-state index contributed by atoms with van der Waals surface area (Å²) < 4.78 is 5.33. The molecule has 2 rings (SSSR count). The van der Waals surface area contributed by atoms with E-state index in [4.69, 9.17) is 16.3 Å². The molecule has 1 aromatic carbocycles. The molecule has 0 radical (unpaired) electrons. The quantitative estimate of drug-likeness (QED) is 0.707. The minimum absolute atomic E-state index is 0.709. The van der Waals surface area contributed by atoms with Gasteiger partial charge in [0.05, 0.1) is 0 Å². The van der Waals surface area contributed by atoms with Crippen LogP contribution in [0.1, 0.15) is 12.0 Å². The second-order valence-corrected chi connectivity index (χ2v) is 4.00. The minimum Gasteiger partial charge on any atom is -0.381 e. The Hall–Kier alpha value is -0.530. The molecule has 1 atom stereocenters. The topological polar surface area (TPSA) is 9.23 Å². The zero-order valence-electron chi connectivity index (χ0n) is 7.50. The van der Waals surface area contributed by atoms with Crippen LogP contribution in [0.4, 0.5) is 0 Å². The number of benzene rings is 1. The molecule has 1 fully saturated rings. The fraction of sp³-hybridized carbons (Fsp3) is 0.455. The summed E-state index contributed by atoms with van der Waals surface area (Å²) in [7, 11) is 0. The van der Waals surface area contributed by atoms with Gasteiger partial charge in [-0.3, -0.25) is 0 Å². The largest absolute Gasteiger partial charge is 0.381 e. The van der Waals surface area contributed by atoms with Crippen molar-refractivity contribution >= 4 is 11.6 Å². The van der Waals surface area contributed by atoms with Gasteiger partial charge in [-0.1, -0.05) is 23.7 Å². The lowest BCUT2D eigenvalue weighted by Crippen LogP contribution is -2.03. The van der Waals surface area contributed by atoms with Crippen LogP contribution in [-0.4, -0.2) is 13.2 Å². The molecule has 2 heteroatoms. The highest BCUT2D eigenvalue weighted by atomic mass is 35.5. The van der Waals surface area contributed by atoms with Gasteiger partial charge in [0.25, 0.3) is 0 Å². The molecule has 0 N–H and O–H groups in total. The van der Waals surface area contributed by atoms with Crippen molar-refractivity contribution in [3.63, 3.8) is 0 Å². The third-order valence-corrected chi connectivity index (χ3v) is 2.71. The number of halogens is 1. The predicted molar refractivity (Wildman–Crippen MR) is 54.1 cm³/mol. The predicted octanol–water partition coefficient (Wildman–Crippen LogP) is 2.92. The summed E-state index contributed by atoms with van der Waals surface area (Å²) in [4.78, 5) is 0. The molecule has 0 amide bonds. The molecule has 0 aromatic heterocycles. The molecule has 70 valence electrons. The van der Waals surface area contributed by atoms with Crippen LogP contribution in [-0.2, 0) is 11.2 Å². The van der Waals surface area contributed by atoms with Crippen molar-refractivity contribution in [1.82, 2.24) is 0 Å². The first-order chi connectivity index (χ1) is 6.34. The maximum absolute atomic E-state index is 5.80. The Morgan fingerprint density at radius 1 is 1.31 bits per heavy atom. The lowest BCUT2D eigenvalue weighted by Gasteiger charge is -2.06. The monoisotopic (exact) mass is 196 g/mol. The summed E-state index contributed by atoms with van der Waals surface area (Å²) in [6, 6.07) is 8.10. The van der Waals surface area contributed by atoms with Gasteiger partial charge < -0.3 is 4.74 Å². The summed E-state index contributed by atoms with van der Waals surface area (Å²) >= 11 is 5.80. The third kappa shape index (κ3) is 2.45. The van der Waals surface area contributed by atoms with Crippen LogP contribution in [0.15, 0.2) is 24.3 Å². The van der Waals surface area contributed by atoms with E-state index >= 15 is 0 Å². The van der Waals surface area contributed by atoms with Crippen molar-refractivity contribution in [2.75, 3.05) is 13.2 Å². The Kier molecular flexibility index (Phi) is 2.87. The van der Waals surface area contributed by atoms with E-state index in [0.29, 0.717) is 5.92 Å². The first-order valence-corrected chi connectivity index (χ1v) is 5.04. The van der Waals surface area contributed by atoms with Crippen LogP contribution >= 0.6 is 11.6 Å². The molecule has 1 nitrogen and oxygen atoms in total. The Morgan fingerprint density at radius 2 is 2.08 bits per heavy atom. The van der Waals surface area contributed by atoms with Gasteiger partial charge in [-0.25, -0.2) is 0 Å². The van der Waals surface area contributed by atoms with E-state index in [9.17, 15) is 0 Å². The summed E-state index contributed by atoms with van der Waals surface area (Å²) in [5.74, 6) is 0.709. The van der Waals surface area contributed by atoms with Crippen LogP contribution in [0.3, 0.4) is 0 Å². The molecule has 1 aliphatic heterocycles. The van der Waals surface area contributed by atoms with Gasteiger partial charge >= 0.3 is 0 Å². The Labute approximate surface area is 83.7 Å². The van der Waals surface area contributed by atoms with Gasteiger partial charge in [-0.15, -0.1) is 0 Å². The first kappa shape index (κ1) is 9.04. The molecule has 1 heterocycles. The number of hydrogen-bond donors (Lipinski definition) is 0. The van der Waals surface area contributed by atoms with E-state index in [-0.39, 0.29) is 0 Å². The van der Waals surface area contributed by atoms with Crippen LogP contribution in [0.25, 0.3) is 0 Å². The zero-order chi connectivity index (χ0) is 9.10. The SMILES string of the molecule is Clc1ccc(CC2CCOC2)cc1. The first-order valence-electron chi connectivity index (χ1n) is 4.67. The van der Waals surface area contributed by atoms with Gasteiger partial charge in [0.1, 0.15) is 0 Å². The molecule has 1 aromatic rings. The van der Waals surface area contributed by atoms with E-state index in [1.165, 1.54) is 12.0 Å². The molecule has 0 bridgehead atoms. The normalized spacial score (nSPS) is 22.1. The van der Waals surface area contributed by atoms with E-state index in [1.807, 2.05) is 12.1 Å². The Bertz CT molecular complexity index is 262. The van der Waals surface area contributed by atoms with E-state index in [1.54, 1.807) is 0 Å². The lowest BCUT2D eigenvalue weighted by molar-refractivity contribution is 0.186. The molecule has 1 unspecified atom stereocenters. The second kappa shape index (κ2) is 4.12. The highest BCUT2D eigenvalue weighted by Crippen LogP contribution is 2.19. The second-order valence-electron chi connectivity index (χ2n) is 3.56. The lowest BCUT2D eigenvalue weighted by atomic mass is 9.99. The molecular weight excluding hydrogens is 184 g/mol. The molecular formula is C11H13ClO. The molecule has 1 aliphatic rings. The highest BCUT2D eigenvalue weighted by Gasteiger charge is 2.15. The molecule has 1 saturated heterocycles. The van der Waals surface area contributed by atoms with Gasteiger partial charge in [0.2, 0.25) is 0 Å². The summed E-state index contributed by atoms with van der Waals surface area (Å²) in [5, 5.41) is 0.812. The standard InChI is InChI=1S/C11H13ClO/c12-11-3-1-9(2-4-11)7-10-5-6-13-8-10/h1-4,10H,5-8H2. The number of hydrogen-bond acceptors (Lipinski definition) is 1. The summed E-state index contributed by atoms with van der Waals surface area (Å²) in [6.45, 7) is 1.85. The smallest absolute Gasteiger partial charge is 0.0498 e. The Balaban J connectivity index is 1.97. The van der Waals surface area contributed by atoms with Crippen molar-refractivity contribution in [2.24, 2.45) is 5.92 Å². The van der Waals surface area contributed by atoms with Gasteiger partial charge in [-0.05, 0) is 36.5 Å². The van der Waals surface area contributed by atoms with Crippen molar-refractivity contribution in [1.29, 1.82) is 0 Å². The van der Waals surface area contributed by atoms with Crippen molar-refractivity contribution in [2.45, 2.75) is 12.8 Å². The Morgan fingerprint density at radius 3 is 2.69 bits per heavy atom. The van der Waals surface area contributed by atoms with Crippen LogP contribution in [0, 0.1) is 5.92 Å². The van der Waals surface area contributed by atoms with E-state index in [2.05, 4.69) is 12.1 Å². The molecule has 0 spiro atoms. The van der Waals surface area contributed by atoms with Crippen LogP contribution < -0.4 is 0 Å².